The summed E-state index contributed by atoms with van der Waals surface area (Å²) in [6.45, 7) is 9.56. The largest absolute Gasteiger partial charge is 0.381 e. The Hall–Kier alpha value is -0.610. The summed E-state index contributed by atoms with van der Waals surface area (Å²) in [7, 11) is 0. The van der Waals surface area contributed by atoms with Crippen molar-refractivity contribution >= 4 is 5.91 Å². The van der Waals surface area contributed by atoms with Crippen LogP contribution in [0.5, 0.6) is 0 Å². The van der Waals surface area contributed by atoms with Crippen LogP contribution in [-0.2, 0) is 9.53 Å². The molecule has 2 unspecified atom stereocenters. The van der Waals surface area contributed by atoms with Crippen molar-refractivity contribution in [1.82, 2.24) is 10.6 Å². The fourth-order valence-electron chi connectivity index (χ4n) is 2.05. The highest BCUT2D eigenvalue weighted by molar-refractivity contribution is 5.79. The molecule has 4 nitrogen and oxygen atoms in total. The van der Waals surface area contributed by atoms with E-state index in [1.54, 1.807) is 0 Å². The van der Waals surface area contributed by atoms with E-state index in [2.05, 4.69) is 31.4 Å². The van der Waals surface area contributed by atoms with E-state index in [0.717, 1.165) is 39.1 Å². The maximum absolute atomic E-state index is 11.8. The molecular weight excluding hydrogens is 216 g/mol. The zero-order valence-corrected chi connectivity index (χ0v) is 11.3. The average molecular weight is 242 g/mol. The van der Waals surface area contributed by atoms with Gasteiger partial charge in [-0.3, -0.25) is 4.79 Å². The van der Waals surface area contributed by atoms with Crippen LogP contribution in [0.15, 0.2) is 0 Å². The molecule has 1 aliphatic rings. The fourth-order valence-corrected chi connectivity index (χ4v) is 2.05. The molecule has 1 rings (SSSR count). The summed E-state index contributed by atoms with van der Waals surface area (Å²) in [5.41, 5.74) is 0. The first-order valence-corrected chi connectivity index (χ1v) is 6.70. The van der Waals surface area contributed by atoms with E-state index in [1.165, 1.54) is 0 Å². The number of rotatable bonds is 7. The Bertz CT molecular complexity index is 231. The lowest BCUT2D eigenvalue weighted by Crippen LogP contribution is -2.37. The van der Waals surface area contributed by atoms with E-state index < -0.39 is 0 Å². The third-order valence-corrected chi connectivity index (χ3v) is 3.08. The minimum atomic E-state index is 0.145. The van der Waals surface area contributed by atoms with Gasteiger partial charge >= 0.3 is 0 Å². The van der Waals surface area contributed by atoms with Gasteiger partial charge in [-0.15, -0.1) is 0 Å². The van der Waals surface area contributed by atoms with Gasteiger partial charge in [-0.1, -0.05) is 13.8 Å². The first kappa shape index (κ1) is 14.5. The normalized spacial score (nSPS) is 24.2. The molecule has 1 saturated heterocycles. The predicted molar refractivity (Wildman–Crippen MR) is 68.9 cm³/mol. The second-order valence-corrected chi connectivity index (χ2v) is 5.25. The van der Waals surface area contributed by atoms with E-state index in [0.29, 0.717) is 12.0 Å². The van der Waals surface area contributed by atoms with E-state index in [4.69, 9.17) is 4.74 Å². The molecule has 1 fully saturated rings. The Morgan fingerprint density at radius 2 is 2.29 bits per heavy atom. The Morgan fingerprint density at radius 3 is 2.88 bits per heavy atom. The van der Waals surface area contributed by atoms with Gasteiger partial charge < -0.3 is 15.4 Å². The number of amides is 1. The van der Waals surface area contributed by atoms with E-state index in [-0.39, 0.29) is 11.8 Å². The molecule has 2 atom stereocenters. The third kappa shape index (κ3) is 5.50. The lowest BCUT2D eigenvalue weighted by atomic mass is 10.0. The first-order valence-electron chi connectivity index (χ1n) is 6.70. The SMILES string of the molecule is CC(C)COCCCNC(=O)C1CCNC1C. The summed E-state index contributed by atoms with van der Waals surface area (Å²) in [6.07, 6.45) is 1.85. The highest BCUT2D eigenvalue weighted by atomic mass is 16.5. The summed E-state index contributed by atoms with van der Waals surface area (Å²) >= 11 is 0. The summed E-state index contributed by atoms with van der Waals surface area (Å²) in [5.74, 6) is 0.910. The molecule has 1 heterocycles. The van der Waals surface area contributed by atoms with Gasteiger partial charge in [-0.25, -0.2) is 0 Å². The van der Waals surface area contributed by atoms with Crippen LogP contribution in [0.3, 0.4) is 0 Å². The first-order chi connectivity index (χ1) is 8.11. The maximum Gasteiger partial charge on any atom is 0.224 e. The van der Waals surface area contributed by atoms with Crippen LogP contribution in [0.25, 0.3) is 0 Å². The van der Waals surface area contributed by atoms with Crippen LogP contribution in [-0.4, -0.2) is 38.3 Å². The topological polar surface area (TPSA) is 50.4 Å². The molecule has 17 heavy (non-hydrogen) atoms. The highest BCUT2D eigenvalue weighted by Gasteiger charge is 2.28. The molecule has 0 aliphatic carbocycles. The molecule has 0 aromatic heterocycles. The Kier molecular flexibility index (Phi) is 6.52. The lowest BCUT2D eigenvalue weighted by molar-refractivity contribution is -0.125. The molecule has 0 bridgehead atoms. The van der Waals surface area contributed by atoms with Crippen molar-refractivity contribution < 1.29 is 9.53 Å². The summed E-state index contributed by atoms with van der Waals surface area (Å²) in [6, 6.07) is 0.312. The minimum absolute atomic E-state index is 0.145. The quantitative estimate of drug-likeness (QED) is 0.659. The van der Waals surface area contributed by atoms with Crippen LogP contribution in [0.4, 0.5) is 0 Å². The number of carbonyl (C=O) groups excluding carboxylic acids is 1. The zero-order valence-electron chi connectivity index (χ0n) is 11.3. The summed E-state index contributed by atoms with van der Waals surface area (Å²) < 4.78 is 5.46. The molecule has 100 valence electrons. The van der Waals surface area contributed by atoms with Gasteiger partial charge in [0.05, 0.1) is 5.92 Å². The van der Waals surface area contributed by atoms with Gasteiger partial charge in [-0.2, -0.15) is 0 Å². The monoisotopic (exact) mass is 242 g/mol. The van der Waals surface area contributed by atoms with E-state index in [9.17, 15) is 4.79 Å². The molecule has 4 heteroatoms. The van der Waals surface area contributed by atoms with Crippen LogP contribution in [0, 0.1) is 11.8 Å². The lowest BCUT2D eigenvalue weighted by Gasteiger charge is -2.15. The van der Waals surface area contributed by atoms with E-state index in [1.807, 2.05) is 0 Å². The van der Waals surface area contributed by atoms with Gasteiger partial charge in [0.15, 0.2) is 0 Å². The number of hydrogen-bond acceptors (Lipinski definition) is 3. The molecule has 1 aliphatic heterocycles. The number of hydrogen-bond donors (Lipinski definition) is 2. The van der Waals surface area contributed by atoms with Crippen LogP contribution < -0.4 is 10.6 Å². The van der Waals surface area contributed by atoms with Crippen LogP contribution in [0.2, 0.25) is 0 Å². The predicted octanol–water partition coefficient (Wildman–Crippen LogP) is 1.16. The molecule has 0 aromatic carbocycles. The molecule has 0 radical (unpaired) electrons. The van der Waals surface area contributed by atoms with Crippen molar-refractivity contribution in [3.8, 4) is 0 Å². The molecule has 0 aromatic rings. The van der Waals surface area contributed by atoms with Gasteiger partial charge in [-0.05, 0) is 32.2 Å². The smallest absolute Gasteiger partial charge is 0.224 e. The Balaban J connectivity index is 2.00. The van der Waals surface area contributed by atoms with E-state index >= 15 is 0 Å². The highest BCUT2D eigenvalue weighted by Crippen LogP contribution is 2.14. The molecule has 2 N–H and O–H groups in total. The molecular formula is C13H26N2O2. The minimum Gasteiger partial charge on any atom is -0.381 e. The van der Waals surface area contributed by atoms with Crippen molar-refractivity contribution in [2.75, 3.05) is 26.3 Å². The van der Waals surface area contributed by atoms with Gasteiger partial charge in [0, 0.05) is 25.8 Å². The number of nitrogens with one attached hydrogen (secondary N) is 2. The van der Waals surface area contributed by atoms with Gasteiger partial charge in [0.25, 0.3) is 0 Å². The Morgan fingerprint density at radius 1 is 1.53 bits per heavy atom. The van der Waals surface area contributed by atoms with Crippen molar-refractivity contribution in [3.63, 3.8) is 0 Å². The third-order valence-electron chi connectivity index (χ3n) is 3.08. The fraction of sp³-hybridized carbons (Fsp3) is 0.923. The molecule has 1 amide bonds. The Labute approximate surface area is 104 Å². The van der Waals surface area contributed by atoms with Crippen molar-refractivity contribution in [1.29, 1.82) is 0 Å². The number of carbonyl (C=O) groups is 1. The molecule has 0 saturated carbocycles. The summed E-state index contributed by atoms with van der Waals surface area (Å²) in [4.78, 5) is 11.8. The standard InChI is InChI=1S/C13H26N2O2/c1-10(2)9-17-8-4-6-15-13(16)12-5-7-14-11(12)3/h10-12,14H,4-9H2,1-3H3,(H,15,16). The second-order valence-electron chi connectivity index (χ2n) is 5.25. The van der Waals surface area contributed by atoms with Crippen molar-refractivity contribution in [2.24, 2.45) is 11.8 Å². The van der Waals surface area contributed by atoms with Gasteiger partial charge in [0.1, 0.15) is 0 Å². The molecule has 0 spiro atoms. The van der Waals surface area contributed by atoms with Crippen LogP contribution in [0.1, 0.15) is 33.6 Å². The van der Waals surface area contributed by atoms with Crippen molar-refractivity contribution in [2.45, 2.75) is 39.7 Å². The van der Waals surface area contributed by atoms with Crippen molar-refractivity contribution in [3.05, 3.63) is 0 Å². The maximum atomic E-state index is 11.8. The van der Waals surface area contributed by atoms with Crippen LogP contribution >= 0.6 is 0 Å². The van der Waals surface area contributed by atoms with Gasteiger partial charge in [0.2, 0.25) is 5.91 Å². The number of ether oxygens (including phenoxy) is 1. The average Bonchev–Trinajstić information content (AvgIpc) is 2.69. The summed E-state index contributed by atoms with van der Waals surface area (Å²) in [5, 5.41) is 6.27. The second kappa shape index (κ2) is 7.67. The zero-order chi connectivity index (χ0) is 12.7.